The van der Waals surface area contributed by atoms with Crippen LogP contribution in [0.1, 0.15) is 49.7 Å². The van der Waals surface area contributed by atoms with Crippen molar-refractivity contribution in [3.05, 3.63) is 59.8 Å². The number of carbonyl (C=O) groups excluding carboxylic acids is 1. The fraction of sp³-hybridized carbons (Fsp3) is 0.333. The molecular weight excluding hydrogens is 407 g/mol. The molecule has 0 unspecified atom stereocenters. The molecule has 2 N–H and O–H groups in total. The van der Waals surface area contributed by atoms with E-state index in [1.807, 2.05) is 25.4 Å². The molecule has 1 aromatic carbocycles. The summed E-state index contributed by atoms with van der Waals surface area (Å²) < 4.78 is 17.3. The summed E-state index contributed by atoms with van der Waals surface area (Å²) in [7, 11) is 1.83. The van der Waals surface area contributed by atoms with Crippen molar-refractivity contribution in [2.45, 2.75) is 44.6 Å². The second-order valence-corrected chi connectivity index (χ2v) is 8.21. The molecule has 1 aliphatic carbocycles. The lowest BCUT2D eigenvalue weighted by Crippen LogP contribution is -2.26. The van der Waals surface area contributed by atoms with E-state index < -0.39 is 0 Å². The van der Waals surface area contributed by atoms with Crippen LogP contribution in [0.2, 0.25) is 0 Å². The first-order valence-electron chi connectivity index (χ1n) is 10.7. The molecule has 2 aromatic heterocycles. The molecule has 4 rings (SSSR count). The van der Waals surface area contributed by atoms with Gasteiger partial charge < -0.3 is 10.6 Å². The van der Waals surface area contributed by atoms with Crippen LogP contribution in [0.5, 0.6) is 0 Å². The Morgan fingerprint density at radius 2 is 1.97 bits per heavy atom. The molecule has 0 saturated heterocycles. The molecule has 1 amide bonds. The van der Waals surface area contributed by atoms with Crippen LogP contribution in [0.4, 0.5) is 15.9 Å². The molecule has 1 aliphatic rings. The van der Waals surface area contributed by atoms with Gasteiger partial charge in [-0.2, -0.15) is 10.4 Å². The van der Waals surface area contributed by atoms with Crippen molar-refractivity contribution in [3.8, 4) is 17.2 Å². The van der Waals surface area contributed by atoms with Crippen LogP contribution >= 0.6 is 0 Å². The Morgan fingerprint density at radius 1 is 1.19 bits per heavy atom. The summed E-state index contributed by atoms with van der Waals surface area (Å²) in [6.07, 6.45) is 8.51. The molecule has 7 nitrogen and oxygen atoms in total. The summed E-state index contributed by atoms with van der Waals surface area (Å²) in [4.78, 5) is 15.8. The van der Waals surface area contributed by atoms with Gasteiger partial charge in [-0.25, -0.2) is 9.37 Å². The predicted molar refractivity (Wildman–Crippen MR) is 120 cm³/mol. The minimum atomic E-state index is -0.369. The van der Waals surface area contributed by atoms with E-state index in [0.717, 1.165) is 42.6 Å². The lowest BCUT2D eigenvalue weighted by atomic mass is 9.78. The van der Waals surface area contributed by atoms with Gasteiger partial charge in [0.1, 0.15) is 11.9 Å². The highest BCUT2D eigenvalue weighted by Gasteiger charge is 2.28. The number of aromatic nitrogens is 3. The average molecular weight is 433 g/mol. The molecule has 8 heteroatoms. The minimum Gasteiger partial charge on any atom is -0.367 e. The Hall–Kier alpha value is -3.73. The van der Waals surface area contributed by atoms with Crippen LogP contribution in [0.25, 0.3) is 11.1 Å². The number of aryl methyl sites for hydroxylation is 1. The minimum absolute atomic E-state index is 0.0332. The summed E-state index contributed by atoms with van der Waals surface area (Å²) in [6, 6.07) is 9.33. The number of hydrogen-bond acceptors (Lipinski definition) is 5. The lowest BCUT2D eigenvalue weighted by molar-refractivity contribution is -0.114. The highest BCUT2D eigenvalue weighted by atomic mass is 19.1. The Labute approximate surface area is 186 Å². The topological polar surface area (TPSA) is 95.6 Å². The van der Waals surface area contributed by atoms with Gasteiger partial charge in [-0.1, -0.05) is 6.07 Å². The summed E-state index contributed by atoms with van der Waals surface area (Å²) >= 11 is 0. The number of nitrogens with zero attached hydrogens (tertiary/aromatic N) is 4. The Kier molecular flexibility index (Phi) is 6.17. The normalized spacial score (nSPS) is 18.1. The Morgan fingerprint density at radius 3 is 2.56 bits per heavy atom. The molecule has 3 aromatic rings. The van der Waals surface area contributed by atoms with Crippen LogP contribution < -0.4 is 10.6 Å². The monoisotopic (exact) mass is 432 g/mol. The van der Waals surface area contributed by atoms with E-state index >= 15 is 4.39 Å². The van der Waals surface area contributed by atoms with Crippen LogP contribution in [-0.2, 0) is 11.8 Å². The van der Waals surface area contributed by atoms with E-state index in [9.17, 15) is 4.79 Å². The smallest absolute Gasteiger partial charge is 0.221 e. The number of nitrogens with one attached hydrogen (secondary N) is 2. The number of amides is 1. The number of carbonyl (C=O) groups is 1. The van der Waals surface area contributed by atoms with Crippen LogP contribution in [0, 0.1) is 17.1 Å². The molecule has 1 saturated carbocycles. The molecular formula is C24H25FN6O. The molecule has 2 heterocycles. The molecule has 1 fully saturated rings. The van der Waals surface area contributed by atoms with E-state index in [4.69, 9.17) is 5.26 Å². The lowest BCUT2D eigenvalue weighted by Gasteiger charge is -2.31. The standard InChI is InChI=1S/C24H25FN6O/c1-15(32)29-21-9-8-20(18-13-28-31(2)14-18)23(24(21)25)17-4-6-19(7-5-17)30-22-10-3-16(11-26)12-27-22/h3,8-10,12-14,17,19H,4-7H2,1-2H3,(H,27,30)(H,29,32). The van der Waals surface area contributed by atoms with Gasteiger partial charge in [0.25, 0.3) is 0 Å². The van der Waals surface area contributed by atoms with Gasteiger partial charge in [0.15, 0.2) is 5.82 Å². The first-order valence-corrected chi connectivity index (χ1v) is 10.7. The van der Waals surface area contributed by atoms with E-state index in [1.165, 1.54) is 6.92 Å². The summed E-state index contributed by atoms with van der Waals surface area (Å²) in [5.74, 6) is 0.103. The van der Waals surface area contributed by atoms with Crippen molar-refractivity contribution < 1.29 is 9.18 Å². The fourth-order valence-electron chi connectivity index (χ4n) is 4.37. The third-order valence-corrected chi connectivity index (χ3v) is 5.89. The third-order valence-electron chi connectivity index (χ3n) is 5.89. The second-order valence-electron chi connectivity index (χ2n) is 8.21. The van der Waals surface area contributed by atoms with Crippen molar-refractivity contribution in [1.82, 2.24) is 14.8 Å². The van der Waals surface area contributed by atoms with Crippen molar-refractivity contribution in [3.63, 3.8) is 0 Å². The maximum absolute atomic E-state index is 15.6. The van der Waals surface area contributed by atoms with Gasteiger partial charge in [-0.15, -0.1) is 0 Å². The SMILES string of the molecule is CC(=O)Nc1ccc(-c2cnn(C)c2)c(C2CCC(Nc3ccc(C#N)cn3)CC2)c1F. The largest absolute Gasteiger partial charge is 0.367 e. The van der Waals surface area contributed by atoms with E-state index in [0.29, 0.717) is 11.1 Å². The van der Waals surface area contributed by atoms with Gasteiger partial charge in [0.2, 0.25) is 5.91 Å². The number of rotatable bonds is 5. The molecule has 0 spiro atoms. The number of anilines is 2. The molecule has 0 bridgehead atoms. The number of benzene rings is 1. The third kappa shape index (κ3) is 4.62. The van der Waals surface area contributed by atoms with Crippen LogP contribution in [0.15, 0.2) is 42.9 Å². The number of hydrogen-bond donors (Lipinski definition) is 2. The number of nitriles is 1. The number of halogens is 1. The predicted octanol–water partition coefficient (Wildman–Crippen LogP) is 4.59. The zero-order valence-electron chi connectivity index (χ0n) is 18.1. The van der Waals surface area contributed by atoms with E-state index in [1.54, 1.807) is 29.2 Å². The zero-order chi connectivity index (χ0) is 22.7. The first kappa shape index (κ1) is 21.5. The van der Waals surface area contributed by atoms with Crippen LogP contribution in [-0.4, -0.2) is 26.7 Å². The van der Waals surface area contributed by atoms with Crippen molar-refractivity contribution in [2.75, 3.05) is 10.6 Å². The first-order chi connectivity index (χ1) is 15.4. The van der Waals surface area contributed by atoms with E-state index in [-0.39, 0.29) is 29.4 Å². The Balaban J connectivity index is 1.55. The molecule has 0 radical (unpaired) electrons. The van der Waals surface area contributed by atoms with Crippen LogP contribution in [0.3, 0.4) is 0 Å². The highest BCUT2D eigenvalue weighted by molar-refractivity contribution is 5.89. The highest BCUT2D eigenvalue weighted by Crippen LogP contribution is 2.42. The molecule has 164 valence electrons. The van der Waals surface area contributed by atoms with Crippen molar-refractivity contribution in [1.29, 1.82) is 5.26 Å². The average Bonchev–Trinajstić information content (AvgIpc) is 3.22. The summed E-state index contributed by atoms with van der Waals surface area (Å²) in [6.45, 7) is 1.38. The van der Waals surface area contributed by atoms with Gasteiger partial charge in [-0.05, 0) is 55.4 Å². The van der Waals surface area contributed by atoms with Crippen molar-refractivity contribution in [2.24, 2.45) is 7.05 Å². The summed E-state index contributed by atoms with van der Waals surface area (Å²) in [5, 5.41) is 19.2. The van der Waals surface area contributed by atoms with Crippen molar-refractivity contribution >= 4 is 17.4 Å². The maximum atomic E-state index is 15.6. The maximum Gasteiger partial charge on any atom is 0.221 e. The molecule has 0 aliphatic heterocycles. The molecule has 32 heavy (non-hydrogen) atoms. The summed E-state index contributed by atoms with van der Waals surface area (Å²) in [5.41, 5.74) is 3.05. The second kappa shape index (κ2) is 9.18. The van der Waals surface area contributed by atoms with Gasteiger partial charge in [-0.3, -0.25) is 9.48 Å². The Bertz CT molecular complexity index is 1160. The van der Waals surface area contributed by atoms with Gasteiger partial charge in [0.05, 0.1) is 17.4 Å². The van der Waals surface area contributed by atoms with Gasteiger partial charge >= 0.3 is 0 Å². The van der Waals surface area contributed by atoms with E-state index in [2.05, 4.69) is 26.8 Å². The number of pyridine rings is 1. The quantitative estimate of drug-likeness (QED) is 0.615. The zero-order valence-corrected chi connectivity index (χ0v) is 18.1. The fourth-order valence-corrected chi connectivity index (χ4v) is 4.37. The van der Waals surface area contributed by atoms with Gasteiger partial charge in [0, 0.05) is 43.5 Å². The molecule has 0 atom stereocenters.